The van der Waals surface area contributed by atoms with Gasteiger partial charge in [-0.05, 0) is 24.8 Å². The smallest absolute Gasteiger partial charge is 0.434 e. The van der Waals surface area contributed by atoms with Crippen molar-refractivity contribution in [2.45, 2.75) is 38.1 Å². The first kappa shape index (κ1) is 15.9. The quantitative estimate of drug-likeness (QED) is 0.572. The maximum Gasteiger partial charge on any atom is 0.508 e. The standard InChI is InChI=1S/C20H21NO5/c22-16-19-8-4-5-9-20(19)14(10-19)11-25-18(24)26-12-15(21(16)17(20)23)13-6-2-1-3-7-13/h1-3,6-7,14-15H,4-5,8-12H2/t14-,15-,19+,20-/m0/s1. The Balaban J connectivity index is 1.65. The second-order valence-electron chi connectivity index (χ2n) is 7.94. The minimum Gasteiger partial charge on any atom is -0.434 e. The van der Waals surface area contributed by atoms with Gasteiger partial charge in [-0.3, -0.25) is 14.5 Å². The minimum absolute atomic E-state index is 0.0723. The molecule has 4 aliphatic rings. The van der Waals surface area contributed by atoms with Crippen LogP contribution >= 0.6 is 0 Å². The first-order valence-electron chi connectivity index (χ1n) is 9.33. The van der Waals surface area contributed by atoms with Crippen LogP contribution in [0, 0.1) is 16.7 Å². The number of rotatable bonds is 1. The SMILES string of the molecule is O=C1OC[C@@H]2C[C@@]34CCCC[C@@]23C(=O)N(C4=O)[C@H](c2ccccc2)CO1. The number of cyclic esters (lactones) is 2. The van der Waals surface area contributed by atoms with Crippen LogP contribution in [0.4, 0.5) is 4.79 Å². The molecule has 2 amide bonds. The molecule has 1 aromatic rings. The Labute approximate surface area is 151 Å². The van der Waals surface area contributed by atoms with Crippen molar-refractivity contribution in [3.63, 3.8) is 0 Å². The van der Waals surface area contributed by atoms with Gasteiger partial charge in [0.2, 0.25) is 11.8 Å². The summed E-state index contributed by atoms with van der Waals surface area (Å²) < 4.78 is 10.5. The Morgan fingerprint density at radius 2 is 1.65 bits per heavy atom. The molecule has 6 nitrogen and oxygen atoms in total. The third-order valence-electron chi connectivity index (χ3n) is 7.06. The molecule has 1 aromatic carbocycles. The van der Waals surface area contributed by atoms with Crippen molar-refractivity contribution in [3.8, 4) is 0 Å². The molecule has 0 unspecified atom stereocenters. The van der Waals surface area contributed by atoms with E-state index in [1.165, 1.54) is 4.90 Å². The average Bonchev–Trinajstić information content (AvgIpc) is 2.78. The first-order valence-corrected chi connectivity index (χ1v) is 9.33. The Morgan fingerprint density at radius 3 is 2.46 bits per heavy atom. The molecule has 0 aromatic heterocycles. The van der Waals surface area contributed by atoms with E-state index in [2.05, 4.69) is 0 Å². The largest absolute Gasteiger partial charge is 0.508 e. The van der Waals surface area contributed by atoms with Gasteiger partial charge in [-0.25, -0.2) is 4.79 Å². The number of benzene rings is 1. The molecule has 2 saturated carbocycles. The first-order chi connectivity index (χ1) is 12.6. The number of imide groups is 1. The van der Waals surface area contributed by atoms with Crippen molar-refractivity contribution in [1.29, 1.82) is 0 Å². The Bertz CT molecular complexity index is 793. The Hall–Kier alpha value is -2.37. The van der Waals surface area contributed by atoms with Crippen LogP contribution < -0.4 is 0 Å². The number of amides is 2. The maximum absolute atomic E-state index is 13.6. The highest BCUT2D eigenvalue weighted by atomic mass is 16.7. The van der Waals surface area contributed by atoms with Crippen LogP contribution in [-0.4, -0.2) is 36.1 Å². The zero-order valence-corrected chi connectivity index (χ0v) is 14.5. The van der Waals surface area contributed by atoms with E-state index in [-0.39, 0.29) is 30.9 Å². The molecule has 0 N–H and O–H groups in total. The second-order valence-corrected chi connectivity index (χ2v) is 7.94. The summed E-state index contributed by atoms with van der Waals surface area (Å²) in [5.74, 6) is -0.259. The van der Waals surface area contributed by atoms with Gasteiger partial charge >= 0.3 is 6.16 Å². The third-order valence-corrected chi connectivity index (χ3v) is 7.06. The van der Waals surface area contributed by atoms with Gasteiger partial charge in [-0.2, -0.15) is 0 Å². The maximum atomic E-state index is 13.6. The van der Waals surface area contributed by atoms with Gasteiger partial charge in [-0.15, -0.1) is 0 Å². The van der Waals surface area contributed by atoms with E-state index in [9.17, 15) is 14.4 Å². The van der Waals surface area contributed by atoms with Gasteiger partial charge in [-0.1, -0.05) is 43.2 Å². The lowest BCUT2D eigenvalue weighted by Crippen LogP contribution is -2.63. The fourth-order valence-electron chi connectivity index (χ4n) is 5.88. The van der Waals surface area contributed by atoms with E-state index in [0.717, 1.165) is 24.8 Å². The Kier molecular flexibility index (Phi) is 3.24. The van der Waals surface area contributed by atoms with Gasteiger partial charge < -0.3 is 9.47 Å². The number of carbonyl (C=O) groups is 3. The fourth-order valence-corrected chi connectivity index (χ4v) is 5.88. The van der Waals surface area contributed by atoms with E-state index >= 15 is 0 Å². The summed E-state index contributed by atoms with van der Waals surface area (Å²) in [6.07, 6.45) is 3.26. The van der Waals surface area contributed by atoms with Crippen molar-refractivity contribution in [2.75, 3.05) is 13.2 Å². The number of carbonyl (C=O) groups excluding carboxylic acids is 3. The van der Waals surface area contributed by atoms with Gasteiger partial charge in [0.1, 0.15) is 6.61 Å². The topological polar surface area (TPSA) is 72.9 Å². The van der Waals surface area contributed by atoms with Gasteiger partial charge in [0.15, 0.2) is 0 Å². The fraction of sp³-hybridized carbons (Fsp3) is 0.550. The molecule has 2 aliphatic carbocycles. The van der Waals surface area contributed by atoms with Crippen LogP contribution in [0.3, 0.4) is 0 Å². The van der Waals surface area contributed by atoms with Gasteiger partial charge in [0.25, 0.3) is 0 Å². The average molecular weight is 355 g/mol. The van der Waals surface area contributed by atoms with E-state index in [1.807, 2.05) is 30.3 Å². The van der Waals surface area contributed by atoms with Crippen LogP contribution in [0.2, 0.25) is 0 Å². The summed E-state index contributed by atoms with van der Waals surface area (Å²) in [4.78, 5) is 40.5. The molecule has 4 fully saturated rings. The number of fused-ring (bicyclic) bond motifs is 1. The summed E-state index contributed by atoms with van der Waals surface area (Å²) in [6, 6.07) is 8.73. The van der Waals surface area contributed by atoms with E-state index in [1.54, 1.807) is 0 Å². The summed E-state index contributed by atoms with van der Waals surface area (Å²) in [7, 11) is 0. The highest BCUT2D eigenvalue weighted by Gasteiger charge is 2.79. The number of ether oxygens (including phenoxy) is 2. The number of hydrogen-bond donors (Lipinski definition) is 0. The molecule has 136 valence electrons. The van der Waals surface area contributed by atoms with E-state index in [4.69, 9.17) is 9.47 Å². The van der Waals surface area contributed by atoms with E-state index < -0.39 is 23.0 Å². The zero-order valence-electron chi connectivity index (χ0n) is 14.5. The van der Waals surface area contributed by atoms with Crippen molar-refractivity contribution >= 4 is 18.0 Å². The van der Waals surface area contributed by atoms with Crippen molar-refractivity contribution < 1.29 is 23.9 Å². The predicted octanol–water partition coefficient (Wildman–Crippen LogP) is 2.83. The van der Waals surface area contributed by atoms with Crippen LogP contribution in [0.1, 0.15) is 43.7 Å². The molecule has 2 saturated heterocycles. The lowest BCUT2D eigenvalue weighted by molar-refractivity contribution is -0.184. The predicted molar refractivity (Wildman–Crippen MR) is 89.8 cm³/mol. The molecule has 4 atom stereocenters. The van der Waals surface area contributed by atoms with Crippen molar-refractivity contribution in [1.82, 2.24) is 4.90 Å². The zero-order chi connectivity index (χ0) is 17.9. The third kappa shape index (κ3) is 1.75. The molecule has 0 radical (unpaired) electrons. The van der Waals surface area contributed by atoms with Crippen LogP contribution in [0.15, 0.2) is 30.3 Å². The monoisotopic (exact) mass is 355 g/mol. The lowest BCUT2D eigenvalue weighted by atomic mass is 9.40. The van der Waals surface area contributed by atoms with Gasteiger partial charge in [0, 0.05) is 5.92 Å². The number of nitrogens with zero attached hydrogens (tertiary/aromatic N) is 1. The molecule has 5 rings (SSSR count). The van der Waals surface area contributed by atoms with Crippen molar-refractivity contribution in [3.05, 3.63) is 35.9 Å². The minimum atomic E-state index is -0.724. The molecular formula is C20H21NO5. The molecule has 26 heavy (non-hydrogen) atoms. The molecule has 2 heterocycles. The summed E-state index contributed by atoms with van der Waals surface area (Å²) in [5.41, 5.74) is -0.492. The molecule has 2 aliphatic heterocycles. The lowest BCUT2D eigenvalue weighted by Gasteiger charge is -2.59. The van der Waals surface area contributed by atoms with Crippen LogP contribution in [0.25, 0.3) is 0 Å². The van der Waals surface area contributed by atoms with Crippen LogP contribution in [0.5, 0.6) is 0 Å². The summed E-state index contributed by atoms with van der Waals surface area (Å²) >= 11 is 0. The highest BCUT2D eigenvalue weighted by Crippen LogP contribution is 2.72. The molecule has 1 spiro atoms. The molecule has 6 heteroatoms. The second kappa shape index (κ2) is 5.32. The van der Waals surface area contributed by atoms with Crippen LogP contribution in [-0.2, 0) is 19.1 Å². The Morgan fingerprint density at radius 1 is 0.923 bits per heavy atom. The van der Waals surface area contributed by atoms with E-state index in [0.29, 0.717) is 12.8 Å². The highest BCUT2D eigenvalue weighted by molar-refractivity contribution is 6.12. The normalized spacial score (nSPS) is 38.8. The molecule has 2 bridgehead atoms. The number of hydrogen-bond acceptors (Lipinski definition) is 5. The van der Waals surface area contributed by atoms with Gasteiger partial charge in [0.05, 0.1) is 23.5 Å². The molecular weight excluding hydrogens is 334 g/mol. The van der Waals surface area contributed by atoms with Crippen molar-refractivity contribution in [2.24, 2.45) is 16.7 Å². The summed E-state index contributed by atoms with van der Waals surface area (Å²) in [5, 5.41) is 0. The summed E-state index contributed by atoms with van der Waals surface area (Å²) in [6.45, 7) is 0.0839.